The number of aliphatic hydroxyl groups is 3. The molecular formula is C43H79N5O9S. The number of nitrogens with two attached hydrogens (primary N) is 1. The van der Waals surface area contributed by atoms with Crippen LogP contribution in [0.3, 0.4) is 0 Å². The number of rotatable bonds is 37. The number of aromatic nitrogens is 3. The summed E-state index contributed by atoms with van der Waals surface area (Å²) in [5, 5.41) is 39.9. The van der Waals surface area contributed by atoms with Gasteiger partial charge < -0.3 is 40.6 Å². The number of nitrogens with zero attached hydrogens (tertiary/aromatic N) is 3. The highest BCUT2D eigenvalue weighted by atomic mass is 32.2. The smallest absolute Gasteiger partial charge is 0.306 e. The van der Waals surface area contributed by atoms with Gasteiger partial charge in [-0.3, -0.25) is 14.4 Å². The number of carbonyl (C=O) groups excluding carboxylic acids is 3. The van der Waals surface area contributed by atoms with E-state index >= 15 is 0 Å². The molecule has 1 aliphatic heterocycles. The fourth-order valence-electron chi connectivity index (χ4n) is 7.02. The molecule has 0 bridgehead atoms. The Bertz CT molecular complexity index is 1210. The topological polar surface area (TPSA) is 208 Å². The van der Waals surface area contributed by atoms with E-state index in [9.17, 15) is 29.7 Å². The Kier molecular flexibility index (Phi) is 29.9. The lowest BCUT2D eigenvalue weighted by Crippen LogP contribution is -2.38. The monoisotopic (exact) mass is 842 g/mol. The van der Waals surface area contributed by atoms with Crippen molar-refractivity contribution in [1.29, 1.82) is 0 Å². The van der Waals surface area contributed by atoms with Gasteiger partial charge in [0.15, 0.2) is 12.0 Å². The lowest BCUT2D eigenvalue weighted by molar-refractivity contribution is -0.157. The molecule has 6 atom stereocenters. The van der Waals surface area contributed by atoms with Crippen molar-refractivity contribution in [1.82, 2.24) is 15.0 Å². The molecule has 1 fully saturated rings. The summed E-state index contributed by atoms with van der Waals surface area (Å²) in [7, 11) is 0. The van der Waals surface area contributed by atoms with Crippen LogP contribution in [0.5, 0.6) is 0 Å². The van der Waals surface area contributed by atoms with E-state index in [-0.39, 0.29) is 30.1 Å². The van der Waals surface area contributed by atoms with Gasteiger partial charge in [0.2, 0.25) is 5.91 Å². The molecule has 1 aromatic heterocycles. The van der Waals surface area contributed by atoms with Crippen molar-refractivity contribution in [3.63, 3.8) is 0 Å². The molecule has 14 nitrogen and oxygen atoms in total. The summed E-state index contributed by atoms with van der Waals surface area (Å²) < 4.78 is 17.9. The number of thioether (sulfide) groups is 1. The number of amides is 1. The third-order valence-electron chi connectivity index (χ3n) is 10.7. The molecular weight excluding hydrogens is 763 g/mol. The zero-order valence-electron chi connectivity index (χ0n) is 35.9. The summed E-state index contributed by atoms with van der Waals surface area (Å²) in [5.74, 6) is -0.621. The summed E-state index contributed by atoms with van der Waals surface area (Å²) in [5.41, 5.74) is 6.17. The van der Waals surface area contributed by atoms with Gasteiger partial charge in [0.05, 0.1) is 18.8 Å². The molecule has 58 heavy (non-hydrogen) atoms. The second-order valence-electron chi connectivity index (χ2n) is 16.0. The van der Waals surface area contributed by atoms with Gasteiger partial charge in [-0.1, -0.05) is 160 Å². The SMILES string of the molecule is CCCCCCCCCCCCCCC(=O)OC[C@H](CSC[C@@H](N)C(=O)Nc1cn([C@H]2OC(CO)[C@@H](O)[C@@H]2O)nn1)OC(=O)CCCCCCCCCCCCCC. The quantitative estimate of drug-likeness (QED) is 0.0325. The number of carbonyl (C=O) groups is 3. The summed E-state index contributed by atoms with van der Waals surface area (Å²) in [6.07, 6.45) is 25.5. The van der Waals surface area contributed by atoms with Gasteiger partial charge in [-0.05, 0) is 12.8 Å². The van der Waals surface area contributed by atoms with Crippen LogP contribution >= 0.6 is 11.8 Å². The van der Waals surface area contributed by atoms with Gasteiger partial charge in [0, 0.05) is 24.3 Å². The molecule has 2 heterocycles. The predicted octanol–water partition coefficient (Wildman–Crippen LogP) is 7.53. The normalized spacial score (nSPS) is 18.9. The van der Waals surface area contributed by atoms with Crippen molar-refractivity contribution in [3.8, 4) is 0 Å². The van der Waals surface area contributed by atoms with Gasteiger partial charge in [-0.2, -0.15) is 11.8 Å². The highest BCUT2D eigenvalue weighted by molar-refractivity contribution is 7.99. The zero-order chi connectivity index (χ0) is 42.2. The summed E-state index contributed by atoms with van der Waals surface area (Å²) in [4.78, 5) is 38.3. The van der Waals surface area contributed by atoms with Crippen LogP contribution in [-0.2, 0) is 28.6 Å². The van der Waals surface area contributed by atoms with Crippen molar-refractivity contribution in [2.75, 3.05) is 30.0 Å². The number of nitrogens with one attached hydrogen (secondary N) is 1. The van der Waals surface area contributed by atoms with E-state index in [1.54, 1.807) is 0 Å². The van der Waals surface area contributed by atoms with Gasteiger partial charge in [0.25, 0.3) is 0 Å². The maximum Gasteiger partial charge on any atom is 0.306 e. The number of hydrogen-bond donors (Lipinski definition) is 5. The molecule has 15 heteroatoms. The Labute approximate surface area is 352 Å². The summed E-state index contributed by atoms with van der Waals surface area (Å²) >= 11 is 1.31. The number of ether oxygens (including phenoxy) is 3. The van der Waals surface area contributed by atoms with E-state index in [1.165, 1.54) is 134 Å². The van der Waals surface area contributed by atoms with Crippen LogP contribution in [0.25, 0.3) is 0 Å². The Morgan fingerprint density at radius 3 is 1.72 bits per heavy atom. The molecule has 0 aliphatic carbocycles. The second kappa shape index (κ2) is 33.4. The van der Waals surface area contributed by atoms with Gasteiger partial charge in [-0.15, -0.1) is 5.10 Å². The zero-order valence-corrected chi connectivity index (χ0v) is 36.7. The lowest BCUT2D eigenvalue weighted by atomic mass is 10.0. The minimum absolute atomic E-state index is 0.0558. The maximum absolute atomic E-state index is 12.8. The van der Waals surface area contributed by atoms with Crippen molar-refractivity contribution in [3.05, 3.63) is 6.20 Å². The molecule has 1 aromatic rings. The molecule has 0 radical (unpaired) electrons. The van der Waals surface area contributed by atoms with Crippen LogP contribution in [0, 0.1) is 0 Å². The molecule has 0 saturated carbocycles. The van der Waals surface area contributed by atoms with Crippen molar-refractivity contribution in [2.24, 2.45) is 5.73 Å². The Balaban J connectivity index is 1.73. The summed E-state index contributed by atoms with van der Waals surface area (Å²) in [6, 6.07) is -0.949. The van der Waals surface area contributed by atoms with Gasteiger partial charge in [0.1, 0.15) is 31.0 Å². The van der Waals surface area contributed by atoms with E-state index in [0.717, 1.165) is 43.2 Å². The van der Waals surface area contributed by atoms with Crippen LogP contribution in [0.4, 0.5) is 5.82 Å². The molecule has 0 aromatic carbocycles. The third-order valence-corrected chi connectivity index (χ3v) is 11.9. The first-order valence-corrected chi connectivity index (χ1v) is 23.9. The van der Waals surface area contributed by atoms with Crippen LogP contribution in [-0.4, -0.2) is 103 Å². The number of esters is 2. The number of aliphatic hydroxyl groups excluding tert-OH is 3. The van der Waals surface area contributed by atoms with E-state index < -0.39 is 49.2 Å². The van der Waals surface area contributed by atoms with Crippen LogP contribution in [0.1, 0.15) is 187 Å². The van der Waals surface area contributed by atoms with Crippen molar-refractivity contribution in [2.45, 2.75) is 217 Å². The average molecular weight is 842 g/mol. The van der Waals surface area contributed by atoms with Crippen LogP contribution < -0.4 is 11.1 Å². The van der Waals surface area contributed by atoms with E-state index in [4.69, 9.17) is 19.9 Å². The third kappa shape index (κ3) is 23.5. The number of hydrogen-bond acceptors (Lipinski definition) is 13. The fourth-order valence-corrected chi connectivity index (χ4v) is 7.99. The predicted molar refractivity (Wildman–Crippen MR) is 229 cm³/mol. The van der Waals surface area contributed by atoms with Crippen LogP contribution in [0.2, 0.25) is 0 Å². The van der Waals surface area contributed by atoms with E-state index in [1.807, 2.05) is 0 Å². The first-order chi connectivity index (χ1) is 28.2. The van der Waals surface area contributed by atoms with Gasteiger partial charge in [-0.25, -0.2) is 4.68 Å². The molecule has 2 rings (SSSR count). The molecule has 1 amide bonds. The van der Waals surface area contributed by atoms with Crippen LogP contribution in [0.15, 0.2) is 6.20 Å². The minimum Gasteiger partial charge on any atom is -0.462 e. The number of anilines is 1. The summed E-state index contributed by atoms with van der Waals surface area (Å²) in [6.45, 7) is 3.94. The Morgan fingerprint density at radius 1 is 0.759 bits per heavy atom. The molecule has 1 saturated heterocycles. The largest absolute Gasteiger partial charge is 0.462 e. The molecule has 336 valence electrons. The van der Waals surface area contributed by atoms with Crippen molar-refractivity contribution < 1.29 is 43.9 Å². The Hall–Kier alpha value is -2.30. The first-order valence-electron chi connectivity index (χ1n) is 22.7. The minimum atomic E-state index is -1.35. The lowest BCUT2D eigenvalue weighted by Gasteiger charge is -2.19. The van der Waals surface area contributed by atoms with E-state index in [2.05, 4.69) is 29.5 Å². The molecule has 1 aliphatic rings. The molecule has 6 N–H and O–H groups in total. The standard InChI is InChI=1S/C43H79N5O9S/c1-3-5-7-9-11-13-15-17-19-21-23-25-27-38(50)55-31-34(56-39(51)28-26-24-22-20-18-16-14-12-10-8-6-4-2)32-58-33-35(44)42(54)45-37-29-48(47-46-37)43-41(53)40(52)36(30-49)57-43/h29,34-36,40-41,43,49,52-53H,3-28,30-33,44H2,1-2H3,(H,45,54)/t34-,35-,36?,40-,41+,43+/m1/s1. The van der Waals surface area contributed by atoms with E-state index in [0.29, 0.717) is 18.6 Å². The Morgan fingerprint density at radius 2 is 1.24 bits per heavy atom. The molecule has 1 unspecified atom stereocenters. The second-order valence-corrected chi connectivity index (χ2v) is 17.1. The maximum atomic E-state index is 12.8. The highest BCUT2D eigenvalue weighted by Gasteiger charge is 2.44. The van der Waals surface area contributed by atoms with Crippen molar-refractivity contribution >= 4 is 35.4 Å². The molecule has 0 spiro atoms. The number of unbranched alkanes of at least 4 members (excludes halogenated alkanes) is 22. The first kappa shape index (κ1) is 51.8. The van der Waals surface area contributed by atoms with Gasteiger partial charge >= 0.3 is 11.9 Å². The average Bonchev–Trinajstić information content (AvgIpc) is 3.79. The fraction of sp³-hybridized carbons (Fsp3) is 0.884. The highest BCUT2D eigenvalue weighted by Crippen LogP contribution is 2.29.